The van der Waals surface area contributed by atoms with Gasteiger partial charge in [-0.1, -0.05) is 23.6 Å². The number of fused-ring (bicyclic) bond motifs is 4. The molecule has 3 aliphatic rings. The molecule has 2 aliphatic carbocycles. The molecule has 15 nitrogen and oxygen atoms in total. The summed E-state index contributed by atoms with van der Waals surface area (Å²) in [5.41, 5.74) is -5.66. The van der Waals surface area contributed by atoms with Gasteiger partial charge in [0.25, 0.3) is 5.92 Å². The minimum absolute atomic E-state index is 0.0121. The van der Waals surface area contributed by atoms with Gasteiger partial charge in [0.2, 0.25) is 21.8 Å². The van der Waals surface area contributed by atoms with Crippen molar-refractivity contribution in [1.29, 1.82) is 0 Å². The first-order valence-corrected chi connectivity index (χ1v) is 26.5. The van der Waals surface area contributed by atoms with Gasteiger partial charge < -0.3 is 10.1 Å². The summed E-state index contributed by atoms with van der Waals surface area (Å²) in [4.78, 5) is 34.5. The molecule has 8 rings (SSSR count). The predicted molar refractivity (Wildman–Crippen MR) is 247 cm³/mol. The highest BCUT2D eigenvalue weighted by Gasteiger charge is 2.68. The van der Waals surface area contributed by atoms with E-state index < -0.39 is 155 Å². The first-order valence-electron chi connectivity index (χ1n) is 22.4. The van der Waals surface area contributed by atoms with Crippen LogP contribution in [0, 0.1) is 29.4 Å². The van der Waals surface area contributed by atoms with Gasteiger partial charge in [-0.25, -0.2) is 30.6 Å². The Labute approximate surface area is 421 Å². The van der Waals surface area contributed by atoms with E-state index in [1.165, 1.54) is 26.0 Å². The molecule has 0 bridgehead atoms. The molecule has 2 fully saturated rings. The highest BCUT2D eigenvalue weighted by molar-refractivity contribution is 7.93. The molecule has 5 aromatic rings. The van der Waals surface area contributed by atoms with E-state index in [4.69, 9.17) is 16.3 Å². The normalized spacial score (nSPS) is 18.4. The number of nitrogens with one attached hydrogen (secondary N) is 1. The van der Waals surface area contributed by atoms with Crippen LogP contribution in [-0.4, -0.2) is 114 Å². The van der Waals surface area contributed by atoms with Crippen molar-refractivity contribution in [3.63, 3.8) is 0 Å². The van der Waals surface area contributed by atoms with Crippen LogP contribution >= 0.6 is 11.6 Å². The fraction of sp³-hybridized carbons (Fsp3) is 0.457. The molecular weight excluding hydrogens is 1070 g/mol. The van der Waals surface area contributed by atoms with Crippen LogP contribution in [0.3, 0.4) is 0 Å². The SMILES string of the molecule is CC(C)(C#Cc1ccc(-c2ccc(Cl)c3c(N(C(=O)CCN4CCOCC4)S(C)(=O)=O)nn(CC(F)(F)F)c23)c([C@H](Cc2cc(F)cc(F)c2)NC(=O)Cn2nc(C(F)(F)F)c3c2C(F)(F)[C@@H]2C[C@H]32)n1)S(C)(=O)=O. The molecule has 1 saturated carbocycles. The predicted octanol–water partition coefficient (Wildman–Crippen LogP) is 7.31. The number of morpholine rings is 1. The summed E-state index contributed by atoms with van der Waals surface area (Å²) in [5.74, 6) is -6.90. The summed E-state index contributed by atoms with van der Waals surface area (Å²) in [6.07, 6.45) is -10.2. The Balaban J connectivity index is 1.33. The second kappa shape index (κ2) is 19.4. The zero-order valence-corrected chi connectivity index (χ0v) is 41.7. The lowest BCUT2D eigenvalue weighted by atomic mass is 9.93. The number of amides is 2. The molecule has 74 heavy (non-hydrogen) atoms. The number of alkyl halides is 8. The molecule has 1 saturated heterocycles. The highest BCUT2D eigenvalue weighted by atomic mass is 35.5. The van der Waals surface area contributed by atoms with Gasteiger partial charge in [0, 0.05) is 61.0 Å². The fourth-order valence-electron chi connectivity index (χ4n) is 9.04. The Morgan fingerprint density at radius 3 is 2.20 bits per heavy atom. The summed E-state index contributed by atoms with van der Waals surface area (Å²) >= 11 is 6.70. The lowest BCUT2D eigenvalue weighted by Crippen LogP contribution is -2.41. The number of rotatable bonds is 14. The molecular formula is C46H43ClF10N8O7S2. The van der Waals surface area contributed by atoms with Gasteiger partial charge in [-0.15, -0.1) is 0 Å². The number of sulfonamides is 1. The lowest BCUT2D eigenvalue weighted by Gasteiger charge is -2.27. The standard InChI is InChI=1S/C46H43ClF10N8O7S2/c1-43(2,73(3,68)69)11-9-27-5-6-28(29-7-8-32(47)37-39(29)64(23-44(50,51)52)61-42(37)65(74(4,70)71)35(67)10-12-62-13-15-72-16-14-62)38(58-27)33(19-24-17-25(48)20-26(49)18-24)59-34(66)22-63-41-36(40(60-63)46(55,56)57)30-21-31(30)45(41,53)54/h5-8,17-18,20,30-31,33H,10,12-16,19,21-23H2,1-4H3,(H,59,66)/t30-,31+,33-/m0/s1. The number of ether oxygens (including phenoxy) is 1. The summed E-state index contributed by atoms with van der Waals surface area (Å²) in [5, 5.41) is 8.94. The maximum atomic E-state index is 15.6. The topological polar surface area (TPSA) is 179 Å². The third kappa shape index (κ3) is 11.1. The van der Waals surface area contributed by atoms with Crippen LogP contribution in [0.5, 0.6) is 0 Å². The Morgan fingerprint density at radius 2 is 1.59 bits per heavy atom. The number of halogens is 11. The van der Waals surface area contributed by atoms with Crippen molar-refractivity contribution < 1.29 is 75.1 Å². The number of aromatic nitrogens is 5. The van der Waals surface area contributed by atoms with Crippen molar-refractivity contribution in [1.82, 2.24) is 34.8 Å². The minimum Gasteiger partial charge on any atom is -0.379 e. The lowest BCUT2D eigenvalue weighted by molar-refractivity contribution is -0.143. The van der Waals surface area contributed by atoms with E-state index in [2.05, 4.69) is 32.3 Å². The van der Waals surface area contributed by atoms with E-state index in [0.29, 0.717) is 43.3 Å². The van der Waals surface area contributed by atoms with Crippen LogP contribution in [0.4, 0.5) is 49.7 Å². The van der Waals surface area contributed by atoms with Crippen LogP contribution in [-0.2, 0) is 65.8 Å². The number of pyridine rings is 1. The van der Waals surface area contributed by atoms with E-state index in [1.54, 1.807) is 4.90 Å². The van der Waals surface area contributed by atoms with Gasteiger partial charge in [0.05, 0.1) is 47.1 Å². The average molecular weight is 1110 g/mol. The molecule has 0 unspecified atom stereocenters. The summed E-state index contributed by atoms with van der Waals surface area (Å²) < 4.78 is 204. The molecule has 0 spiro atoms. The second-order valence-corrected chi connectivity index (χ2v) is 23.4. The van der Waals surface area contributed by atoms with E-state index >= 15 is 8.78 Å². The first kappa shape index (κ1) is 54.4. The van der Waals surface area contributed by atoms with Crippen molar-refractivity contribution in [2.45, 2.75) is 81.2 Å². The third-order valence-electron chi connectivity index (χ3n) is 12.8. The van der Waals surface area contributed by atoms with Crippen molar-refractivity contribution in [3.05, 3.63) is 93.0 Å². The fourth-order valence-corrected chi connectivity index (χ4v) is 10.4. The van der Waals surface area contributed by atoms with Gasteiger partial charge in [0.1, 0.15) is 40.9 Å². The zero-order chi connectivity index (χ0) is 54.2. The smallest absolute Gasteiger partial charge is 0.379 e. The van der Waals surface area contributed by atoms with Crippen LogP contribution in [0.25, 0.3) is 22.0 Å². The molecule has 2 aromatic carbocycles. The van der Waals surface area contributed by atoms with E-state index in [-0.39, 0.29) is 44.3 Å². The molecule has 2 amide bonds. The number of carbonyl (C=O) groups excluding carboxylic acids is 2. The van der Waals surface area contributed by atoms with Gasteiger partial charge >= 0.3 is 12.4 Å². The molecule has 3 atom stereocenters. The van der Waals surface area contributed by atoms with Crippen LogP contribution in [0.2, 0.25) is 5.02 Å². The van der Waals surface area contributed by atoms with Gasteiger partial charge in [-0.3, -0.25) is 23.9 Å². The number of hydrogen-bond donors (Lipinski definition) is 1. The number of nitrogens with zero attached hydrogens (tertiary/aromatic N) is 7. The number of benzene rings is 2. The monoisotopic (exact) mass is 1110 g/mol. The van der Waals surface area contributed by atoms with Gasteiger partial charge in [-0.2, -0.15) is 49.6 Å². The van der Waals surface area contributed by atoms with Crippen LogP contribution in [0.1, 0.15) is 72.6 Å². The number of sulfone groups is 1. The quantitative estimate of drug-likeness (QED) is 0.0872. The average Bonchev–Trinajstić information content (AvgIpc) is 3.79. The molecule has 4 heterocycles. The van der Waals surface area contributed by atoms with Gasteiger partial charge in [0.15, 0.2) is 21.3 Å². The number of hydrogen-bond acceptors (Lipinski definition) is 11. The Hall–Kier alpha value is -5.82. The highest BCUT2D eigenvalue weighted by Crippen LogP contribution is 2.68. The van der Waals surface area contributed by atoms with Crippen molar-refractivity contribution in [3.8, 4) is 23.0 Å². The van der Waals surface area contributed by atoms with Crippen LogP contribution in [0.15, 0.2) is 42.5 Å². The Morgan fingerprint density at radius 1 is 0.946 bits per heavy atom. The van der Waals surface area contributed by atoms with Gasteiger partial charge in [-0.05, 0) is 74.4 Å². The summed E-state index contributed by atoms with van der Waals surface area (Å²) in [7, 11) is -8.61. The molecule has 3 aromatic heterocycles. The van der Waals surface area contributed by atoms with E-state index in [9.17, 15) is 61.5 Å². The molecule has 0 radical (unpaired) electrons. The zero-order valence-electron chi connectivity index (χ0n) is 39.3. The van der Waals surface area contributed by atoms with E-state index in [0.717, 1.165) is 30.5 Å². The Bertz CT molecular complexity index is 3360. The van der Waals surface area contributed by atoms with Crippen molar-refractivity contribution in [2.75, 3.05) is 49.7 Å². The molecule has 1 N–H and O–H groups in total. The Kier molecular flexibility index (Phi) is 14.3. The van der Waals surface area contributed by atoms with E-state index in [1.807, 2.05) is 0 Å². The number of anilines is 1. The molecule has 1 aliphatic heterocycles. The number of carbonyl (C=O) groups is 2. The van der Waals surface area contributed by atoms with Crippen LogP contribution < -0.4 is 9.62 Å². The molecule has 28 heteroatoms. The third-order valence-corrected chi connectivity index (χ3v) is 16.1. The maximum absolute atomic E-state index is 15.6. The van der Waals surface area contributed by atoms with Crippen molar-refractivity contribution in [2.24, 2.45) is 5.92 Å². The largest absolute Gasteiger partial charge is 0.435 e. The first-order chi connectivity index (χ1) is 34.2. The minimum atomic E-state index is -5.22. The summed E-state index contributed by atoms with van der Waals surface area (Å²) in [6, 6.07) is 4.99. The second-order valence-electron chi connectivity index (χ2n) is 18.6. The molecule has 398 valence electrons. The maximum Gasteiger partial charge on any atom is 0.435 e. The van der Waals surface area contributed by atoms with Crippen molar-refractivity contribution >= 4 is 60.0 Å². The summed E-state index contributed by atoms with van der Waals surface area (Å²) in [6.45, 7) is 0.691.